The van der Waals surface area contributed by atoms with Crippen molar-refractivity contribution in [2.75, 3.05) is 0 Å². The average molecular weight is 715 g/mol. The quantitative estimate of drug-likeness (QED) is 0.182. The van der Waals surface area contributed by atoms with Crippen molar-refractivity contribution < 1.29 is 4.42 Å². The van der Waals surface area contributed by atoms with E-state index in [1.54, 1.807) is 0 Å². The molecule has 0 aliphatic heterocycles. The van der Waals surface area contributed by atoms with Crippen LogP contribution in [0.2, 0.25) is 0 Å². The van der Waals surface area contributed by atoms with E-state index in [-0.39, 0.29) is 0 Å². The van der Waals surface area contributed by atoms with Crippen LogP contribution >= 0.6 is 0 Å². The molecular formula is C51H30N4O. The summed E-state index contributed by atoms with van der Waals surface area (Å²) in [6, 6.07) is 64.0. The predicted molar refractivity (Wildman–Crippen MR) is 230 cm³/mol. The van der Waals surface area contributed by atoms with Gasteiger partial charge < -0.3 is 4.42 Å². The molecule has 3 heterocycles. The lowest BCUT2D eigenvalue weighted by Gasteiger charge is -2.14. The summed E-state index contributed by atoms with van der Waals surface area (Å²) < 4.78 is 8.66. The van der Waals surface area contributed by atoms with Crippen LogP contribution in [0.25, 0.3) is 116 Å². The van der Waals surface area contributed by atoms with Crippen LogP contribution in [-0.4, -0.2) is 19.5 Å². The van der Waals surface area contributed by atoms with E-state index < -0.39 is 0 Å². The van der Waals surface area contributed by atoms with Gasteiger partial charge in [0.15, 0.2) is 11.6 Å². The first-order valence-corrected chi connectivity index (χ1v) is 18.8. The van der Waals surface area contributed by atoms with Crippen LogP contribution in [0.4, 0.5) is 0 Å². The summed E-state index contributed by atoms with van der Waals surface area (Å²) in [5.41, 5.74) is 7.78. The SMILES string of the molecule is c1ccc2cc(-c3nc(-c4ccc5ccccc5c4)nc(-n4c5cc6ccccc6cc5c5cccc(-c6cccc7oc8ccccc8c67)c54)n3)ccc2c1. The van der Waals surface area contributed by atoms with E-state index in [4.69, 9.17) is 19.4 Å². The second-order valence-electron chi connectivity index (χ2n) is 14.4. The molecule has 0 saturated heterocycles. The Hall–Kier alpha value is -7.63. The zero-order valence-electron chi connectivity index (χ0n) is 30.0. The van der Waals surface area contributed by atoms with E-state index in [1.165, 1.54) is 16.2 Å². The van der Waals surface area contributed by atoms with Gasteiger partial charge in [0.25, 0.3) is 0 Å². The number of hydrogen-bond donors (Lipinski definition) is 0. The van der Waals surface area contributed by atoms with Gasteiger partial charge in [0.05, 0.1) is 11.0 Å². The second-order valence-corrected chi connectivity index (χ2v) is 14.4. The molecule has 5 nitrogen and oxygen atoms in total. The summed E-state index contributed by atoms with van der Waals surface area (Å²) in [7, 11) is 0. The van der Waals surface area contributed by atoms with Crippen molar-refractivity contribution in [3.05, 3.63) is 182 Å². The summed E-state index contributed by atoms with van der Waals surface area (Å²) in [5.74, 6) is 1.78. The normalized spacial score (nSPS) is 11.9. The van der Waals surface area contributed by atoms with Gasteiger partial charge >= 0.3 is 0 Å². The summed E-state index contributed by atoms with van der Waals surface area (Å²) in [6.07, 6.45) is 0. The lowest BCUT2D eigenvalue weighted by molar-refractivity contribution is 0.669. The molecule has 9 aromatic carbocycles. The molecular weight excluding hydrogens is 685 g/mol. The third-order valence-corrected chi connectivity index (χ3v) is 11.2. The Balaban J connectivity index is 1.21. The van der Waals surface area contributed by atoms with E-state index in [1.807, 2.05) is 12.1 Å². The van der Waals surface area contributed by atoms with E-state index in [0.29, 0.717) is 17.6 Å². The average Bonchev–Trinajstić information content (AvgIpc) is 3.81. The van der Waals surface area contributed by atoms with Crippen LogP contribution in [-0.2, 0) is 0 Å². The smallest absolute Gasteiger partial charge is 0.238 e. The van der Waals surface area contributed by atoms with Crippen molar-refractivity contribution in [1.29, 1.82) is 0 Å². The number of rotatable bonds is 4. The predicted octanol–water partition coefficient (Wildman–Crippen LogP) is 13.3. The van der Waals surface area contributed by atoms with Crippen LogP contribution in [0, 0.1) is 0 Å². The van der Waals surface area contributed by atoms with Gasteiger partial charge in [-0.25, -0.2) is 4.98 Å². The molecule has 0 unspecified atom stereocenters. The molecule has 0 fully saturated rings. The molecule has 56 heavy (non-hydrogen) atoms. The van der Waals surface area contributed by atoms with Crippen LogP contribution < -0.4 is 0 Å². The van der Waals surface area contributed by atoms with Gasteiger partial charge in [0.2, 0.25) is 5.95 Å². The van der Waals surface area contributed by atoms with E-state index in [2.05, 4.69) is 174 Å². The minimum absolute atomic E-state index is 0.554. The van der Waals surface area contributed by atoms with E-state index in [9.17, 15) is 0 Å². The highest BCUT2D eigenvalue weighted by atomic mass is 16.3. The number of benzene rings is 9. The zero-order chi connectivity index (χ0) is 36.7. The minimum atomic E-state index is 0.554. The topological polar surface area (TPSA) is 56.7 Å². The molecule has 0 amide bonds. The molecule has 0 aliphatic rings. The standard InChI is InChI=1S/C51H30N4O/c1-3-13-33-27-37(25-23-31(33)11-1)49-52-50(38-26-24-32-12-2-4-14-34(32)28-38)54-51(53-49)55-44-30-36-16-6-5-15-35(36)29-43(44)41-20-9-19-40(48(41)55)39-18-10-22-46-47(39)42-17-7-8-21-45(42)56-46/h1-30H. The third-order valence-electron chi connectivity index (χ3n) is 11.2. The Morgan fingerprint density at radius 1 is 0.375 bits per heavy atom. The molecule has 0 spiro atoms. The molecule has 0 bridgehead atoms. The number of furan rings is 1. The molecule has 12 aromatic rings. The number of para-hydroxylation sites is 2. The van der Waals surface area contributed by atoms with Crippen molar-refractivity contribution in [2.24, 2.45) is 0 Å². The molecule has 0 aliphatic carbocycles. The first-order valence-electron chi connectivity index (χ1n) is 18.8. The monoisotopic (exact) mass is 714 g/mol. The van der Waals surface area contributed by atoms with Crippen molar-refractivity contribution in [2.45, 2.75) is 0 Å². The van der Waals surface area contributed by atoms with Gasteiger partial charge in [-0.3, -0.25) is 4.57 Å². The van der Waals surface area contributed by atoms with Crippen molar-refractivity contribution in [1.82, 2.24) is 19.5 Å². The second kappa shape index (κ2) is 11.9. The lowest BCUT2D eigenvalue weighted by Crippen LogP contribution is -2.07. The Bertz CT molecular complexity index is 3460. The fourth-order valence-electron chi connectivity index (χ4n) is 8.56. The summed E-state index contributed by atoms with van der Waals surface area (Å²) in [5, 5.41) is 11.3. The molecule has 5 heteroatoms. The van der Waals surface area contributed by atoms with Crippen LogP contribution in [0.5, 0.6) is 0 Å². The number of aromatic nitrogens is 4. The number of nitrogens with zero attached hydrogens (tertiary/aromatic N) is 4. The summed E-state index contributed by atoms with van der Waals surface area (Å²) >= 11 is 0. The Kier molecular flexibility index (Phi) is 6.56. The molecule has 0 atom stereocenters. The lowest BCUT2D eigenvalue weighted by atomic mass is 9.97. The first-order chi connectivity index (χ1) is 27.7. The Labute approximate surface area is 320 Å². The highest BCUT2D eigenvalue weighted by molar-refractivity contribution is 6.20. The highest BCUT2D eigenvalue weighted by Gasteiger charge is 2.23. The fourth-order valence-corrected chi connectivity index (χ4v) is 8.56. The van der Waals surface area contributed by atoms with Gasteiger partial charge in [-0.2, -0.15) is 9.97 Å². The molecule has 0 saturated carbocycles. The minimum Gasteiger partial charge on any atom is -0.456 e. The van der Waals surface area contributed by atoms with Gasteiger partial charge in [0, 0.05) is 38.2 Å². The van der Waals surface area contributed by atoms with E-state index >= 15 is 0 Å². The number of hydrogen-bond acceptors (Lipinski definition) is 4. The maximum absolute atomic E-state index is 6.40. The molecule has 12 rings (SSSR count). The molecule has 0 N–H and O–H groups in total. The van der Waals surface area contributed by atoms with Crippen LogP contribution in [0.15, 0.2) is 186 Å². The van der Waals surface area contributed by atoms with Gasteiger partial charge in [-0.1, -0.05) is 146 Å². The van der Waals surface area contributed by atoms with Crippen molar-refractivity contribution >= 4 is 76.1 Å². The summed E-state index contributed by atoms with van der Waals surface area (Å²) in [4.78, 5) is 16.0. The summed E-state index contributed by atoms with van der Waals surface area (Å²) in [6.45, 7) is 0. The molecule has 3 aromatic heterocycles. The zero-order valence-corrected chi connectivity index (χ0v) is 30.0. The number of fused-ring (bicyclic) bond motifs is 9. The van der Waals surface area contributed by atoms with Gasteiger partial charge in [-0.05, 0) is 74.3 Å². The van der Waals surface area contributed by atoms with Crippen LogP contribution in [0.3, 0.4) is 0 Å². The maximum Gasteiger partial charge on any atom is 0.238 e. The fraction of sp³-hybridized carbons (Fsp3) is 0. The van der Waals surface area contributed by atoms with Gasteiger partial charge in [0.1, 0.15) is 11.2 Å². The Morgan fingerprint density at radius 3 is 1.61 bits per heavy atom. The largest absolute Gasteiger partial charge is 0.456 e. The van der Waals surface area contributed by atoms with E-state index in [0.717, 1.165) is 82.2 Å². The van der Waals surface area contributed by atoms with Crippen LogP contribution in [0.1, 0.15) is 0 Å². The van der Waals surface area contributed by atoms with Crippen molar-refractivity contribution in [3.8, 4) is 39.9 Å². The Morgan fingerprint density at radius 2 is 0.911 bits per heavy atom. The third kappa shape index (κ3) is 4.71. The molecule has 260 valence electrons. The van der Waals surface area contributed by atoms with Crippen molar-refractivity contribution in [3.63, 3.8) is 0 Å². The highest BCUT2D eigenvalue weighted by Crippen LogP contribution is 2.43. The molecule has 0 radical (unpaired) electrons. The van der Waals surface area contributed by atoms with Gasteiger partial charge in [-0.15, -0.1) is 0 Å². The maximum atomic E-state index is 6.40. The first kappa shape index (κ1) is 30.8.